The van der Waals surface area contributed by atoms with E-state index in [0.717, 1.165) is 0 Å². The van der Waals surface area contributed by atoms with Gasteiger partial charge in [-0.1, -0.05) is 31.3 Å². The number of benzene rings is 1. The van der Waals surface area contributed by atoms with Crippen molar-refractivity contribution in [3.63, 3.8) is 0 Å². The fraction of sp³-hybridized carbons (Fsp3) is 0.385. The minimum Gasteiger partial charge on any atom is -0.434 e. The SMILES string of the molecule is CC(CN(C)C(=O)c1ccccc1OC(F)F)C(N)=S. The molecule has 0 aliphatic rings. The number of hydrogen-bond acceptors (Lipinski definition) is 3. The molecule has 0 saturated carbocycles. The first-order chi connectivity index (χ1) is 9.32. The van der Waals surface area contributed by atoms with E-state index in [1.807, 2.05) is 0 Å². The van der Waals surface area contributed by atoms with Crippen LogP contribution in [0, 0.1) is 5.92 Å². The van der Waals surface area contributed by atoms with E-state index in [9.17, 15) is 13.6 Å². The maximum absolute atomic E-state index is 12.3. The molecule has 1 atom stereocenters. The molecule has 0 aliphatic heterocycles. The number of rotatable bonds is 6. The number of ether oxygens (including phenoxy) is 1. The number of halogens is 2. The van der Waals surface area contributed by atoms with Crippen LogP contribution in [0.2, 0.25) is 0 Å². The van der Waals surface area contributed by atoms with E-state index in [0.29, 0.717) is 11.5 Å². The normalized spacial score (nSPS) is 12.1. The minimum atomic E-state index is -2.98. The van der Waals surface area contributed by atoms with Gasteiger partial charge in [0, 0.05) is 19.5 Å². The van der Waals surface area contributed by atoms with Crippen LogP contribution in [-0.2, 0) is 0 Å². The summed E-state index contributed by atoms with van der Waals surface area (Å²) < 4.78 is 28.9. The minimum absolute atomic E-state index is 0.0745. The third kappa shape index (κ3) is 4.41. The second-order valence-corrected chi connectivity index (χ2v) is 4.84. The van der Waals surface area contributed by atoms with Crippen molar-refractivity contribution in [2.75, 3.05) is 13.6 Å². The van der Waals surface area contributed by atoms with E-state index < -0.39 is 12.5 Å². The summed E-state index contributed by atoms with van der Waals surface area (Å²) in [6.45, 7) is -0.894. The Labute approximate surface area is 121 Å². The van der Waals surface area contributed by atoms with Crippen molar-refractivity contribution < 1.29 is 18.3 Å². The predicted octanol–water partition coefficient (Wildman–Crippen LogP) is 2.28. The van der Waals surface area contributed by atoms with Gasteiger partial charge in [-0.3, -0.25) is 4.79 Å². The number of carbonyl (C=O) groups is 1. The van der Waals surface area contributed by atoms with Gasteiger partial charge in [-0.15, -0.1) is 0 Å². The third-order valence-corrected chi connectivity index (χ3v) is 3.12. The lowest BCUT2D eigenvalue weighted by molar-refractivity contribution is -0.0502. The molecule has 0 fully saturated rings. The molecule has 1 amide bonds. The number of para-hydroxylation sites is 1. The number of carbonyl (C=O) groups excluding carboxylic acids is 1. The van der Waals surface area contributed by atoms with Gasteiger partial charge in [0.25, 0.3) is 5.91 Å². The van der Waals surface area contributed by atoms with Gasteiger partial charge in [-0.05, 0) is 12.1 Å². The van der Waals surface area contributed by atoms with Crippen LogP contribution in [0.4, 0.5) is 8.78 Å². The zero-order valence-corrected chi connectivity index (χ0v) is 12.0. The van der Waals surface area contributed by atoms with Crippen LogP contribution in [0.15, 0.2) is 24.3 Å². The van der Waals surface area contributed by atoms with Gasteiger partial charge in [0.2, 0.25) is 0 Å². The summed E-state index contributed by atoms with van der Waals surface area (Å²) in [6, 6.07) is 5.86. The Bertz CT molecular complexity index is 497. The smallest absolute Gasteiger partial charge is 0.387 e. The molecule has 1 unspecified atom stereocenters. The van der Waals surface area contributed by atoms with Gasteiger partial charge >= 0.3 is 6.61 Å². The molecule has 7 heteroatoms. The van der Waals surface area contributed by atoms with Crippen LogP contribution in [-0.4, -0.2) is 36.0 Å². The quantitative estimate of drug-likeness (QED) is 0.819. The Hall–Kier alpha value is -1.76. The molecule has 4 nitrogen and oxygen atoms in total. The maximum atomic E-state index is 12.3. The number of nitrogens with zero attached hydrogens (tertiary/aromatic N) is 1. The van der Waals surface area contributed by atoms with Gasteiger partial charge in [0.1, 0.15) is 5.75 Å². The fourth-order valence-electron chi connectivity index (χ4n) is 1.63. The highest BCUT2D eigenvalue weighted by Gasteiger charge is 2.20. The van der Waals surface area contributed by atoms with Crippen molar-refractivity contribution in [3.8, 4) is 5.75 Å². The molecular weight excluding hydrogens is 286 g/mol. The molecule has 0 heterocycles. The Morgan fingerprint density at radius 3 is 2.60 bits per heavy atom. The molecule has 110 valence electrons. The highest BCUT2D eigenvalue weighted by Crippen LogP contribution is 2.21. The van der Waals surface area contributed by atoms with Crippen molar-refractivity contribution in [2.24, 2.45) is 11.7 Å². The Balaban J connectivity index is 2.88. The average Bonchev–Trinajstić information content (AvgIpc) is 2.37. The van der Waals surface area contributed by atoms with Crippen LogP contribution in [0.25, 0.3) is 0 Å². The first-order valence-corrected chi connectivity index (χ1v) is 6.32. The number of nitrogens with two attached hydrogens (primary N) is 1. The number of amides is 1. The van der Waals surface area contributed by atoms with E-state index >= 15 is 0 Å². The van der Waals surface area contributed by atoms with Crippen molar-refractivity contribution >= 4 is 23.1 Å². The van der Waals surface area contributed by atoms with Crippen LogP contribution >= 0.6 is 12.2 Å². The predicted molar refractivity (Wildman–Crippen MR) is 76.0 cm³/mol. The van der Waals surface area contributed by atoms with Gasteiger partial charge in [0.05, 0.1) is 10.6 Å². The highest BCUT2D eigenvalue weighted by atomic mass is 32.1. The van der Waals surface area contributed by atoms with E-state index in [1.165, 1.54) is 23.1 Å². The highest BCUT2D eigenvalue weighted by molar-refractivity contribution is 7.80. The lowest BCUT2D eigenvalue weighted by atomic mass is 10.1. The molecular formula is C13H16F2N2O2S. The maximum Gasteiger partial charge on any atom is 0.387 e. The van der Waals surface area contributed by atoms with Crippen molar-refractivity contribution in [2.45, 2.75) is 13.5 Å². The monoisotopic (exact) mass is 302 g/mol. The average molecular weight is 302 g/mol. The Kier molecular flexibility index (Phi) is 5.82. The van der Waals surface area contributed by atoms with E-state index in [1.54, 1.807) is 20.0 Å². The van der Waals surface area contributed by atoms with Crippen LogP contribution in [0.3, 0.4) is 0 Å². The first-order valence-electron chi connectivity index (χ1n) is 5.91. The van der Waals surface area contributed by atoms with Crippen molar-refractivity contribution in [1.82, 2.24) is 4.90 Å². The summed E-state index contributed by atoms with van der Waals surface area (Å²) in [7, 11) is 1.55. The Morgan fingerprint density at radius 2 is 2.05 bits per heavy atom. The van der Waals surface area contributed by atoms with Gasteiger partial charge < -0.3 is 15.4 Å². The summed E-state index contributed by atoms with van der Waals surface area (Å²) in [5, 5.41) is 0. The third-order valence-electron chi connectivity index (χ3n) is 2.71. The second kappa shape index (κ2) is 7.14. The molecule has 20 heavy (non-hydrogen) atoms. The second-order valence-electron chi connectivity index (χ2n) is 4.36. The molecule has 1 rings (SSSR count). The standard InChI is InChI=1S/C13H16F2N2O2S/c1-8(11(16)20)7-17(2)12(18)9-5-3-4-6-10(9)19-13(14)15/h3-6,8,13H,7H2,1-2H3,(H2,16,20). The van der Waals surface area contributed by atoms with Gasteiger partial charge in [-0.25, -0.2) is 0 Å². The van der Waals surface area contributed by atoms with E-state index in [-0.39, 0.29) is 17.2 Å². The van der Waals surface area contributed by atoms with Crippen LogP contribution in [0.1, 0.15) is 17.3 Å². The fourth-order valence-corrected chi connectivity index (χ4v) is 1.71. The number of alkyl halides is 2. The lowest BCUT2D eigenvalue weighted by Crippen LogP contribution is -2.35. The number of hydrogen-bond donors (Lipinski definition) is 1. The largest absolute Gasteiger partial charge is 0.434 e. The van der Waals surface area contributed by atoms with Gasteiger partial charge in [-0.2, -0.15) is 8.78 Å². The summed E-state index contributed by atoms with van der Waals surface area (Å²) in [5.74, 6) is -0.742. The molecule has 0 aromatic heterocycles. The topological polar surface area (TPSA) is 55.6 Å². The molecule has 0 saturated heterocycles. The lowest BCUT2D eigenvalue weighted by Gasteiger charge is -2.22. The van der Waals surface area contributed by atoms with Crippen molar-refractivity contribution in [3.05, 3.63) is 29.8 Å². The molecule has 0 bridgehead atoms. The molecule has 1 aromatic rings. The van der Waals surface area contributed by atoms with Crippen molar-refractivity contribution in [1.29, 1.82) is 0 Å². The summed E-state index contributed by atoms with van der Waals surface area (Å²) in [4.78, 5) is 13.9. The molecule has 0 spiro atoms. The first kappa shape index (κ1) is 16.3. The van der Waals surface area contributed by atoms with E-state index in [4.69, 9.17) is 18.0 Å². The van der Waals surface area contributed by atoms with E-state index in [2.05, 4.69) is 4.74 Å². The summed E-state index contributed by atoms with van der Waals surface area (Å²) >= 11 is 4.84. The zero-order valence-electron chi connectivity index (χ0n) is 11.2. The molecule has 2 N–H and O–H groups in total. The number of thiocarbonyl (C=S) groups is 1. The molecule has 0 aliphatic carbocycles. The van der Waals surface area contributed by atoms with Crippen LogP contribution in [0.5, 0.6) is 5.75 Å². The molecule has 1 aromatic carbocycles. The summed E-state index contributed by atoms with van der Waals surface area (Å²) in [5.41, 5.74) is 5.56. The van der Waals surface area contributed by atoms with Gasteiger partial charge in [0.15, 0.2) is 0 Å². The zero-order chi connectivity index (χ0) is 15.3. The Morgan fingerprint density at radius 1 is 1.45 bits per heavy atom. The summed E-state index contributed by atoms with van der Waals surface area (Å²) in [6.07, 6.45) is 0. The van der Waals surface area contributed by atoms with Crippen LogP contribution < -0.4 is 10.5 Å². The molecule has 0 radical (unpaired) electrons.